The van der Waals surface area contributed by atoms with Crippen molar-refractivity contribution in [3.8, 4) is 0 Å². The molecule has 2 rings (SSSR count). The van der Waals surface area contributed by atoms with Crippen molar-refractivity contribution in [2.45, 2.75) is 13.1 Å². The Bertz CT molecular complexity index is 631. The minimum Gasteiger partial charge on any atom is -0.348 e. The molecule has 0 heterocycles. The number of amides is 1. The van der Waals surface area contributed by atoms with Crippen LogP contribution < -0.4 is 11.1 Å². The van der Waals surface area contributed by atoms with Gasteiger partial charge in [0, 0.05) is 22.2 Å². The van der Waals surface area contributed by atoms with Crippen LogP contribution in [0.1, 0.15) is 21.5 Å². The molecule has 0 spiro atoms. The lowest BCUT2D eigenvalue weighted by Gasteiger charge is -2.09. The summed E-state index contributed by atoms with van der Waals surface area (Å²) in [6, 6.07) is 13.1. The van der Waals surface area contributed by atoms with E-state index in [4.69, 9.17) is 17.3 Å². The summed E-state index contributed by atoms with van der Waals surface area (Å²) in [5.74, 6) is -0.143. The summed E-state index contributed by atoms with van der Waals surface area (Å²) in [5, 5.41) is 3.46. The first kappa shape index (κ1) is 15.3. The fourth-order valence-corrected chi connectivity index (χ4v) is 2.36. The highest BCUT2D eigenvalue weighted by atomic mass is 127. The molecule has 0 aromatic heterocycles. The maximum absolute atomic E-state index is 12.1. The van der Waals surface area contributed by atoms with Crippen molar-refractivity contribution in [1.29, 1.82) is 0 Å². The number of rotatable bonds is 4. The van der Waals surface area contributed by atoms with Gasteiger partial charge in [-0.25, -0.2) is 0 Å². The van der Waals surface area contributed by atoms with Crippen molar-refractivity contribution in [3.63, 3.8) is 0 Å². The summed E-state index contributed by atoms with van der Waals surface area (Å²) < 4.78 is 0.925. The summed E-state index contributed by atoms with van der Waals surface area (Å²) in [6.45, 7) is 0.914. The van der Waals surface area contributed by atoms with E-state index in [1.165, 1.54) is 0 Å². The molecule has 2 aromatic rings. The summed E-state index contributed by atoms with van der Waals surface area (Å²) in [5.41, 5.74) is 8.29. The van der Waals surface area contributed by atoms with E-state index in [1.807, 2.05) is 30.3 Å². The second-order valence-corrected chi connectivity index (χ2v) is 5.85. The fourth-order valence-electron chi connectivity index (χ4n) is 1.84. The number of hydrogen-bond donors (Lipinski definition) is 2. The molecular weight excluding hydrogens is 387 g/mol. The van der Waals surface area contributed by atoms with Crippen LogP contribution in [0.3, 0.4) is 0 Å². The van der Waals surface area contributed by atoms with Crippen molar-refractivity contribution in [3.05, 3.63) is 67.7 Å². The molecular formula is C15H14ClIN2O. The quantitative estimate of drug-likeness (QED) is 0.774. The van der Waals surface area contributed by atoms with Gasteiger partial charge in [-0.05, 0) is 51.9 Å². The number of nitrogens with two attached hydrogens (primary N) is 1. The summed E-state index contributed by atoms with van der Waals surface area (Å²) in [6.07, 6.45) is 0. The highest BCUT2D eigenvalue weighted by Crippen LogP contribution is 2.19. The molecule has 0 bridgehead atoms. The molecule has 2 aromatic carbocycles. The van der Waals surface area contributed by atoms with Gasteiger partial charge < -0.3 is 11.1 Å². The first-order chi connectivity index (χ1) is 9.61. The molecule has 0 saturated heterocycles. The highest BCUT2D eigenvalue weighted by Gasteiger charge is 2.08. The van der Waals surface area contributed by atoms with Crippen LogP contribution in [0.2, 0.25) is 5.02 Å². The Balaban J connectivity index is 2.06. The first-order valence-corrected chi connectivity index (χ1v) is 7.57. The van der Waals surface area contributed by atoms with Gasteiger partial charge in [0.05, 0.1) is 5.02 Å². The maximum atomic E-state index is 12.1. The second-order valence-electron chi connectivity index (χ2n) is 4.28. The van der Waals surface area contributed by atoms with Crippen LogP contribution in [0.15, 0.2) is 42.5 Å². The van der Waals surface area contributed by atoms with E-state index >= 15 is 0 Å². The van der Waals surface area contributed by atoms with Gasteiger partial charge in [-0.1, -0.05) is 35.9 Å². The van der Waals surface area contributed by atoms with Gasteiger partial charge in [-0.15, -0.1) is 0 Å². The van der Waals surface area contributed by atoms with Gasteiger partial charge in [-0.3, -0.25) is 4.79 Å². The monoisotopic (exact) mass is 400 g/mol. The smallest absolute Gasteiger partial charge is 0.251 e. The standard InChI is InChI=1S/C15H14ClIN2O/c16-13-7-10(5-6-14(13)17)15(20)19-9-12-4-2-1-3-11(12)8-18/h1-7H,8-9,18H2,(H,19,20). The molecule has 104 valence electrons. The van der Waals surface area contributed by atoms with E-state index < -0.39 is 0 Å². The largest absolute Gasteiger partial charge is 0.348 e. The molecule has 0 saturated carbocycles. The predicted molar refractivity (Wildman–Crippen MR) is 89.7 cm³/mol. The zero-order valence-electron chi connectivity index (χ0n) is 10.7. The third kappa shape index (κ3) is 3.71. The van der Waals surface area contributed by atoms with Gasteiger partial charge in [-0.2, -0.15) is 0 Å². The molecule has 5 heteroatoms. The average Bonchev–Trinajstić information content (AvgIpc) is 2.47. The number of carbonyl (C=O) groups is 1. The third-order valence-electron chi connectivity index (χ3n) is 2.96. The molecule has 0 unspecified atom stereocenters. The Morgan fingerprint density at radius 3 is 2.55 bits per heavy atom. The van der Waals surface area contributed by atoms with E-state index in [0.29, 0.717) is 23.7 Å². The molecule has 0 aliphatic carbocycles. The van der Waals surface area contributed by atoms with E-state index in [1.54, 1.807) is 12.1 Å². The Hall–Kier alpha value is -1.11. The number of hydrogen-bond acceptors (Lipinski definition) is 2. The number of carbonyl (C=O) groups excluding carboxylic acids is 1. The zero-order chi connectivity index (χ0) is 14.5. The van der Waals surface area contributed by atoms with Crippen molar-refractivity contribution in [2.75, 3.05) is 0 Å². The van der Waals surface area contributed by atoms with Crippen LogP contribution in [-0.2, 0) is 13.1 Å². The van der Waals surface area contributed by atoms with Crippen LogP contribution in [0, 0.1) is 3.57 Å². The Morgan fingerprint density at radius 2 is 1.90 bits per heavy atom. The van der Waals surface area contributed by atoms with Crippen LogP contribution in [0.5, 0.6) is 0 Å². The lowest BCUT2D eigenvalue weighted by molar-refractivity contribution is 0.0951. The topological polar surface area (TPSA) is 55.1 Å². The SMILES string of the molecule is NCc1ccccc1CNC(=O)c1ccc(I)c(Cl)c1. The molecule has 0 aliphatic rings. The summed E-state index contributed by atoms with van der Waals surface area (Å²) >= 11 is 8.15. The second kappa shape index (κ2) is 7.06. The molecule has 0 radical (unpaired) electrons. The number of halogens is 2. The molecule has 3 nitrogen and oxygen atoms in total. The van der Waals surface area contributed by atoms with Crippen molar-refractivity contribution in [1.82, 2.24) is 5.32 Å². The van der Waals surface area contributed by atoms with E-state index in [9.17, 15) is 4.79 Å². The minimum atomic E-state index is -0.143. The lowest BCUT2D eigenvalue weighted by Crippen LogP contribution is -2.23. The lowest BCUT2D eigenvalue weighted by atomic mass is 10.1. The van der Waals surface area contributed by atoms with E-state index in [0.717, 1.165) is 14.7 Å². The summed E-state index contributed by atoms with van der Waals surface area (Å²) in [4.78, 5) is 12.1. The van der Waals surface area contributed by atoms with Crippen LogP contribution >= 0.6 is 34.2 Å². The van der Waals surface area contributed by atoms with Gasteiger partial charge in [0.1, 0.15) is 0 Å². The third-order valence-corrected chi connectivity index (χ3v) is 4.53. The average molecular weight is 401 g/mol. The van der Waals surface area contributed by atoms with Gasteiger partial charge >= 0.3 is 0 Å². The fraction of sp³-hybridized carbons (Fsp3) is 0.133. The normalized spacial score (nSPS) is 10.3. The highest BCUT2D eigenvalue weighted by molar-refractivity contribution is 14.1. The number of benzene rings is 2. The molecule has 0 aliphatic heterocycles. The van der Waals surface area contributed by atoms with Crippen LogP contribution in [0.25, 0.3) is 0 Å². The first-order valence-electron chi connectivity index (χ1n) is 6.12. The van der Waals surface area contributed by atoms with Gasteiger partial charge in [0.25, 0.3) is 5.91 Å². The van der Waals surface area contributed by atoms with Gasteiger partial charge in [0.15, 0.2) is 0 Å². The maximum Gasteiger partial charge on any atom is 0.251 e. The Morgan fingerprint density at radius 1 is 1.20 bits per heavy atom. The Labute approximate surface area is 136 Å². The molecule has 3 N–H and O–H groups in total. The van der Waals surface area contributed by atoms with Crippen molar-refractivity contribution >= 4 is 40.1 Å². The molecule has 0 fully saturated rings. The summed E-state index contributed by atoms with van der Waals surface area (Å²) in [7, 11) is 0. The van der Waals surface area contributed by atoms with Crippen LogP contribution in [0.4, 0.5) is 0 Å². The Kier molecular flexibility index (Phi) is 5.39. The molecule has 20 heavy (non-hydrogen) atoms. The van der Waals surface area contributed by atoms with E-state index in [2.05, 4.69) is 27.9 Å². The van der Waals surface area contributed by atoms with Crippen molar-refractivity contribution < 1.29 is 4.79 Å². The van der Waals surface area contributed by atoms with Crippen molar-refractivity contribution in [2.24, 2.45) is 5.73 Å². The number of nitrogens with one attached hydrogen (secondary N) is 1. The zero-order valence-corrected chi connectivity index (χ0v) is 13.6. The predicted octanol–water partition coefficient (Wildman–Crippen LogP) is 3.33. The van der Waals surface area contributed by atoms with Gasteiger partial charge in [0.2, 0.25) is 0 Å². The molecule has 1 amide bonds. The van der Waals surface area contributed by atoms with E-state index in [-0.39, 0.29) is 5.91 Å². The molecule has 0 atom stereocenters. The van der Waals surface area contributed by atoms with Crippen LogP contribution in [-0.4, -0.2) is 5.91 Å². The minimum absolute atomic E-state index is 0.143.